The lowest BCUT2D eigenvalue weighted by Gasteiger charge is -2.32. The third kappa shape index (κ3) is 3.45. The number of piperidine rings is 1. The zero-order chi connectivity index (χ0) is 13.8. The van der Waals surface area contributed by atoms with Gasteiger partial charge in [0.1, 0.15) is 18.2 Å². The molecule has 2 rings (SSSR count). The molecule has 0 radical (unpaired) electrons. The molecular formula is C15H23FN2O. The van der Waals surface area contributed by atoms with Crippen molar-refractivity contribution in [2.24, 2.45) is 5.73 Å². The second-order valence-corrected chi connectivity index (χ2v) is 5.38. The first kappa shape index (κ1) is 14.3. The summed E-state index contributed by atoms with van der Waals surface area (Å²) in [6, 6.07) is 4.95. The van der Waals surface area contributed by atoms with Crippen LogP contribution < -0.4 is 10.5 Å². The zero-order valence-corrected chi connectivity index (χ0v) is 11.7. The number of nitrogens with two attached hydrogens (primary N) is 1. The van der Waals surface area contributed by atoms with Crippen molar-refractivity contribution >= 4 is 0 Å². The molecule has 1 heterocycles. The van der Waals surface area contributed by atoms with Crippen LogP contribution in [0.2, 0.25) is 0 Å². The lowest BCUT2D eigenvalue weighted by molar-refractivity contribution is 0.124. The van der Waals surface area contributed by atoms with Gasteiger partial charge in [0.2, 0.25) is 0 Å². The smallest absolute Gasteiger partial charge is 0.131 e. The predicted octanol–water partition coefficient (Wildman–Crippen LogP) is 2.71. The first-order valence-electron chi connectivity index (χ1n) is 6.96. The summed E-state index contributed by atoms with van der Waals surface area (Å²) in [6.07, 6.45) is 3.62. The lowest BCUT2D eigenvalue weighted by atomic mass is 10.0. The van der Waals surface area contributed by atoms with Gasteiger partial charge in [0.15, 0.2) is 0 Å². The van der Waals surface area contributed by atoms with Gasteiger partial charge in [-0.2, -0.15) is 0 Å². The van der Waals surface area contributed by atoms with Crippen LogP contribution in [0.3, 0.4) is 0 Å². The van der Waals surface area contributed by atoms with Gasteiger partial charge in [-0.1, -0.05) is 12.5 Å². The molecule has 2 atom stereocenters. The second-order valence-electron chi connectivity index (χ2n) is 5.38. The first-order valence-corrected chi connectivity index (χ1v) is 6.96. The largest absolute Gasteiger partial charge is 0.492 e. The van der Waals surface area contributed by atoms with Crippen LogP contribution in [-0.4, -0.2) is 31.1 Å². The molecule has 1 aliphatic rings. The molecule has 106 valence electrons. The maximum absolute atomic E-state index is 13.8. The summed E-state index contributed by atoms with van der Waals surface area (Å²) >= 11 is 0. The summed E-state index contributed by atoms with van der Waals surface area (Å²) in [5.74, 6) is 0.290. The van der Waals surface area contributed by atoms with Gasteiger partial charge in [0.05, 0.1) is 0 Å². The number of halogens is 1. The van der Waals surface area contributed by atoms with Gasteiger partial charge in [-0.15, -0.1) is 0 Å². The molecule has 1 unspecified atom stereocenters. The fraction of sp³-hybridized carbons (Fsp3) is 0.600. The van der Waals surface area contributed by atoms with Gasteiger partial charge in [0, 0.05) is 17.6 Å². The molecule has 1 saturated heterocycles. The summed E-state index contributed by atoms with van der Waals surface area (Å²) in [5, 5.41) is 0. The predicted molar refractivity (Wildman–Crippen MR) is 74.8 cm³/mol. The molecule has 0 bridgehead atoms. The molecule has 0 aromatic heterocycles. The summed E-state index contributed by atoms with van der Waals surface area (Å²) in [5.41, 5.74) is 6.29. The molecule has 0 amide bonds. The third-order valence-corrected chi connectivity index (χ3v) is 3.82. The summed E-state index contributed by atoms with van der Waals surface area (Å²) in [4.78, 5) is 2.31. The summed E-state index contributed by atoms with van der Waals surface area (Å²) in [7, 11) is 2.12. The molecular weight excluding hydrogens is 243 g/mol. The van der Waals surface area contributed by atoms with E-state index in [1.807, 2.05) is 0 Å². The maximum atomic E-state index is 13.8. The van der Waals surface area contributed by atoms with Crippen molar-refractivity contribution in [3.8, 4) is 5.75 Å². The van der Waals surface area contributed by atoms with Gasteiger partial charge in [-0.05, 0) is 45.5 Å². The molecule has 3 nitrogen and oxygen atoms in total. The van der Waals surface area contributed by atoms with Crippen molar-refractivity contribution in [2.75, 3.05) is 20.2 Å². The Labute approximate surface area is 114 Å². The SMILES string of the molecule is C[C@H](N)c1c(F)cccc1OCC1CCCCN1C. The fourth-order valence-corrected chi connectivity index (χ4v) is 2.63. The molecule has 1 aromatic carbocycles. The minimum Gasteiger partial charge on any atom is -0.492 e. The number of hydrogen-bond donors (Lipinski definition) is 1. The highest BCUT2D eigenvalue weighted by molar-refractivity contribution is 5.36. The van der Waals surface area contributed by atoms with E-state index in [1.54, 1.807) is 19.1 Å². The number of likely N-dealkylation sites (tertiary alicyclic amines) is 1. The number of benzene rings is 1. The van der Waals surface area contributed by atoms with Crippen LogP contribution in [0.25, 0.3) is 0 Å². The molecule has 19 heavy (non-hydrogen) atoms. The Morgan fingerprint density at radius 2 is 2.26 bits per heavy atom. The van der Waals surface area contributed by atoms with Gasteiger partial charge in [-0.3, -0.25) is 0 Å². The monoisotopic (exact) mass is 266 g/mol. The number of rotatable bonds is 4. The lowest BCUT2D eigenvalue weighted by Crippen LogP contribution is -2.40. The Morgan fingerprint density at radius 3 is 2.95 bits per heavy atom. The minimum atomic E-state index is -0.361. The van der Waals surface area contributed by atoms with Gasteiger partial charge < -0.3 is 15.4 Å². The number of likely N-dealkylation sites (N-methyl/N-ethyl adjacent to an activating group) is 1. The first-order chi connectivity index (χ1) is 9.09. The number of ether oxygens (including phenoxy) is 1. The Hall–Kier alpha value is -1.13. The van der Waals surface area contributed by atoms with Crippen molar-refractivity contribution in [3.05, 3.63) is 29.6 Å². The quantitative estimate of drug-likeness (QED) is 0.910. The fourth-order valence-electron chi connectivity index (χ4n) is 2.63. The average Bonchev–Trinajstić information content (AvgIpc) is 2.37. The molecule has 0 aliphatic carbocycles. The Balaban J connectivity index is 2.05. The third-order valence-electron chi connectivity index (χ3n) is 3.82. The Bertz CT molecular complexity index is 423. The van der Waals surface area contributed by atoms with E-state index in [4.69, 9.17) is 10.5 Å². The van der Waals surface area contributed by atoms with E-state index in [9.17, 15) is 4.39 Å². The van der Waals surface area contributed by atoms with Crippen LogP contribution >= 0.6 is 0 Å². The summed E-state index contributed by atoms with van der Waals surface area (Å²) in [6.45, 7) is 3.48. The van der Waals surface area contributed by atoms with Crippen LogP contribution in [0.1, 0.15) is 37.8 Å². The van der Waals surface area contributed by atoms with E-state index >= 15 is 0 Å². The van der Waals surface area contributed by atoms with E-state index < -0.39 is 0 Å². The van der Waals surface area contributed by atoms with Crippen LogP contribution in [0, 0.1) is 5.82 Å². The second kappa shape index (κ2) is 6.35. The van der Waals surface area contributed by atoms with Crippen molar-refractivity contribution < 1.29 is 9.13 Å². The van der Waals surface area contributed by atoms with Crippen LogP contribution in [0.5, 0.6) is 5.75 Å². The van der Waals surface area contributed by atoms with Crippen molar-refractivity contribution in [1.29, 1.82) is 0 Å². The van der Waals surface area contributed by atoms with E-state index in [2.05, 4.69) is 11.9 Å². The normalized spacial score (nSPS) is 22.2. The highest BCUT2D eigenvalue weighted by Gasteiger charge is 2.21. The Morgan fingerprint density at radius 1 is 1.47 bits per heavy atom. The number of nitrogens with zero attached hydrogens (tertiary/aromatic N) is 1. The molecule has 1 aromatic rings. The van der Waals surface area contributed by atoms with E-state index in [1.165, 1.54) is 18.9 Å². The number of hydrogen-bond acceptors (Lipinski definition) is 3. The average molecular weight is 266 g/mol. The molecule has 1 aliphatic heterocycles. The highest BCUT2D eigenvalue weighted by Crippen LogP contribution is 2.27. The van der Waals surface area contributed by atoms with Crippen molar-refractivity contribution in [3.63, 3.8) is 0 Å². The molecule has 4 heteroatoms. The maximum Gasteiger partial charge on any atom is 0.131 e. The van der Waals surface area contributed by atoms with Crippen molar-refractivity contribution in [1.82, 2.24) is 4.90 Å². The standard InChI is InChI=1S/C15H23FN2O/c1-11(17)15-13(16)7-5-8-14(15)19-10-12-6-3-4-9-18(12)2/h5,7-8,11-12H,3-4,6,9-10,17H2,1-2H3/t11-,12?/m0/s1. The van der Waals surface area contributed by atoms with Crippen LogP contribution in [0.4, 0.5) is 4.39 Å². The molecule has 2 N–H and O–H groups in total. The summed E-state index contributed by atoms with van der Waals surface area (Å²) < 4.78 is 19.6. The van der Waals surface area contributed by atoms with Crippen LogP contribution in [-0.2, 0) is 0 Å². The molecule has 1 fully saturated rings. The topological polar surface area (TPSA) is 38.5 Å². The zero-order valence-electron chi connectivity index (χ0n) is 11.7. The van der Waals surface area contributed by atoms with E-state index in [0.29, 0.717) is 24.0 Å². The van der Waals surface area contributed by atoms with Gasteiger partial charge in [0.25, 0.3) is 0 Å². The molecule has 0 spiro atoms. The molecule has 0 saturated carbocycles. The Kier molecular flexibility index (Phi) is 4.77. The van der Waals surface area contributed by atoms with Gasteiger partial charge >= 0.3 is 0 Å². The van der Waals surface area contributed by atoms with Gasteiger partial charge in [-0.25, -0.2) is 4.39 Å². The van der Waals surface area contributed by atoms with Crippen molar-refractivity contribution in [2.45, 2.75) is 38.3 Å². The minimum absolute atomic E-state index is 0.288. The van der Waals surface area contributed by atoms with Crippen LogP contribution in [0.15, 0.2) is 18.2 Å². The van der Waals surface area contributed by atoms with E-state index in [-0.39, 0.29) is 11.9 Å². The highest BCUT2D eigenvalue weighted by atomic mass is 19.1. The van der Waals surface area contributed by atoms with E-state index in [0.717, 1.165) is 13.0 Å².